The molecule has 1 aliphatic heterocycles. The first-order valence-corrected chi connectivity index (χ1v) is 12.3. The monoisotopic (exact) mass is 437 g/mol. The van der Waals surface area contributed by atoms with E-state index >= 15 is 0 Å². The average Bonchev–Trinajstić information content (AvgIpc) is 3.13. The van der Waals surface area contributed by atoms with Crippen molar-refractivity contribution < 1.29 is 17.5 Å². The quantitative estimate of drug-likeness (QED) is 0.761. The molecular formula is C22H32FN3O3S. The lowest BCUT2D eigenvalue weighted by molar-refractivity contribution is 0.122. The Labute approximate surface area is 178 Å². The van der Waals surface area contributed by atoms with E-state index in [9.17, 15) is 12.8 Å². The number of aromatic amines is 1. The van der Waals surface area contributed by atoms with Gasteiger partial charge in [-0.3, -0.25) is 0 Å². The summed E-state index contributed by atoms with van der Waals surface area (Å²) in [5.74, 6) is 0.0853. The van der Waals surface area contributed by atoms with Crippen LogP contribution in [0.3, 0.4) is 0 Å². The lowest BCUT2D eigenvalue weighted by Gasteiger charge is -2.31. The molecule has 1 aromatic heterocycles. The zero-order valence-electron chi connectivity index (χ0n) is 18.0. The molecule has 2 aromatic rings. The van der Waals surface area contributed by atoms with E-state index in [-0.39, 0.29) is 11.9 Å². The van der Waals surface area contributed by atoms with Crippen LogP contribution in [0.25, 0.3) is 10.9 Å². The summed E-state index contributed by atoms with van der Waals surface area (Å²) in [6.45, 7) is 8.01. The van der Waals surface area contributed by atoms with Gasteiger partial charge in [0.05, 0.1) is 23.5 Å². The molecule has 2 fully saturated rings. The van der Waals surface area contributed by atoms with Gasteiger partial charge in [0, 0.05) is 35.9 Å². The first-order chi connectivity index (χ1) is 14.1. The molecule has 0 spiro atoms. The van der Waals surface area contributed by atoms with Gasteiger partial charge in [-0.15, -0.1) is 0 Å². The van der Waals surface area contributed by atoms with Crippen molar-refractivity contribution in [1.82, 2.24) is 9.71 Å². The molecule has 0 atom stereocenters. The molecule has 2 aliphatic rings. The second-order valence-corrected chi connectivity index (χ2v) is 12.0. The molecule has 1 aliphatic carbocycles. The number of hydrogen-bond acceptors (Lipinski definition) is 4. The van der Waals surface area contributed by atoms with E-state index in [1.54, 1.807) is 26.8 Å². The number of hydrogen-bond donors (Lipinski definition) is 2. The largest absolute Gasteiger partial charge is 0.378 e. The number of nitrogens with zero attached hydrogens (tertiary/aromatic N) is 1. The van der Waals surface area contributed by atoms with Crippen LogP contribution in [0.1, 0.15) is 58.1 Å². The van der Waals surface area contributed by atoms with Crippen molar-refractivity contribution in [3.05, 3.63) is 29.7 Å². The molecule has 166 valence electrons. The van der Waals surface area contributed by atoms with Gasteiger partial charge in [-0.25, -0.2) is 17.5 Å². The van der Waals surface area contributed by atoms with Crippen molar-refractivity contribution in [3.8, 4) is 0 Å². The molecule has 8 heteroatoms. The van der Waals surface area contributed by atoms with Crippen LogP contribution in [0.15, 0.2) is 18.2 Å². The second kappa shape index (κ2) is 8.13. The van der Waals surface area contributed by atoms with Crippen LogP contribution in [-0.4, -0.2) is 50.5 Å². The first-order valence-electron chi connectivity index (χ1n) is 10.8. The number of benzene rings is 1. The van der Waals surface area contributed by atoms with Gasteiger partial charge >= 0.3 is 0 Å². The predicted octanol–water partition coefficient (Wildman–Crippen LogP) is 3.89. The summed E-state index contributed by atoms with van der Waals surface area (Å²) in [7, 11) is -3.34. The average molecular weight is 438 g/mol. The number of rotatable bonds is 4. The van der Waals surface area contributed by atoms with Gasteiger partial charge < -0.3 is 14.6 Å². The third-order valence-corrected chi connectivity index (χ3v) is 8.62. The zero-order chi connectivity index (χ0) is 21.5. The van der Waals surface area contributed by atoms with E-state index in [1.165, 1.54) is 0 Å². The highest BCUT2D eigenvalue weighted by atomic mass is 32.2. The van der Waals surface area contributed by atoms with Crippen LogP contribution in [-0.2, 0) is 14.8 Å². The van der Waals surface area contributed by atoms with E-state index in [2.05, 4.69) is 14.6 Å². The van der Waals surface area contributed by atoms with Crippen molar-refractivity contribution in [2.45, 2.75) is 63.2 Å². The Balaban J connectivity index is 1.46. The first kappa shape index (κ1) is 21.6. The molecule has 6 nitrogen and oxygen atoms in total. The molecule has 30 heavy (non-hydrogen) atoms. The van der Waals surface area contributed by atoms with Gasteiger partial charge in [-0.2, -0.15) is 0 Å². The van der Waals surface area contributed by atoms with Gasteiger partial charge in [0.2, 0.25) is 10.0 Å². The Morgan fingerprint density at radius 3 is 2.40 bits per heavy atom. The molecule has 0 unspecified atom stereocenters. The Kier molecular flexibility index (Phi) is 5.85. The molecule has 0 amide bonds. The number of halogens is 1. The summed E-state index contributed by atoms with van der Waals surface area (Å²) in [4.78, 5) is 5.59. The van der Waals surface area contributed by atoms with Crippen molar-refractivity contribution in [1.29, 1.82) is 0 Å². The fraction of sp³-hybridized carbons (Fsp3) is 0.636. The SMILES string of the molecule is CC(C)(C)S(=O)(=O)N[C@H]1CC[C@H](c2cc3c(F)cc(N4CCOCC4)cc3[nH]2)CC1. The standard InChI is InChI=1S/C22H32FN3O3S/c1-22(2,3)30(27,28)25-16-6-4-15(5-7-16)20-14-18-19(23)12-17(13-21(18)24-20)26-8-10-29-11-9-26/h12-16,24-25H,4-11H2,1-3H3/t15-,16-. The smallest absolute Gasteiger partial charge is 0.216 e. The van der Waals surface area contributed by atoms with E-state index < -0.39 is 14.8 Å². The molecule has 2 N–H and O–H groups in total. The molecular weight excluding hydrogens is 405 g/mol. The van der Waals surface area contributed by atoms with E-state index in [0.717, 1.165) is 55.7 Å². The summed E-state index contributed by atoms with van der Waals surface area (Å²) >= 11 is 0. The highest BCUT2D eigenvalue weighted by molar-refractivity contribution is 7.90. The van der Waals surface area contributed by atoms with Crippen molar-refractivity contribution >= 4 is 26.6 Å². The second-order valence-electron chi connectivity index (χ2n) is 9.50. The van der Waals surface area contributed by atoms with Gasteiger partial charge in [-0.05, 0) is 70.6 Å². The minimum absolute atomic E-state index is 0.0282. The minimum Gasteiger partial charge on any atom is -0.378 e. The molecule has 0 bridgehead atoms. The number of morpholine rings is 1. The Morgan fingerprint density at radius 1 is 1.10 bits per heavy atom. The normalized spacial score (nSPS) is 23.8. The number of H-pyrrole nitrogens is 1. The molecule has 1 saturated heterocycles. The fourth-order valence-corrected chi connectivity index (χ4v) is 5.37. The van der Waals surface area contributed by atoms with Crippen LogP contribution in [0.4, 0.5) is 10.1 Å². The summed E-state index contributed by atoms with van der Waals surface area (Å²) in [5, 5.41) is 0.623. The number of aromatic nitrogens is 1. The lowest BCUT2D eigenvalue weighted by Crippen LogP contribution is -2.45. The number of fused-ring (bicyclic) bond motifs is 1. The van der Waals surface area contributed by atoms with E-state index in [0.29, 0.717) is 24.5 Å². The van der Waals surface area contributed by atoms with Crippen LogP contribution in [0.5, 0.6) is 0 Å². The number of sulfonamides is 1. The van der Waals surface area contributed by atoms with E-state index in [4.69, 9.17) is 4.74 Å². The Hall–Kier alpha value is -1.64. The van der Waals surface area contributed by atoms with Gasteiger partial charge in [-0.1, -0.05) is 0 Å². The molecule has 1 aromatic carbocycles. The summed E-state index contributed by atoms with van der Waals surface area (Å²) in [6, 6.07) is 5.54. The Morgan fingerprint density at radius 2 is 1.77 bits per heavy atom. The van der Waals surface area contributed by atoms with Crippen LogP contribution < -0.4 is 9.62 Å². The maximum absolute atomic E-state index is 14.8. The third-order valence-electron chi connectivity index (χ3n) is 6.36. The summed E-state index contributed by atoms with van der Waals surface area (Å²) in [5.41, 5.74) is 2.75. The highest BCUT2D eigenvalue weighted by Crippen LogP contribution is 2.36. The fourth-order valence-electron chi connectivity index (χ4n) is 4.34. The number of nitrogens with one attached hydrogen (secondary N) is 2. The molecule has 4 rings (SSSR count). The maximum atomic E-state index is 14.8. The van der Waals surface area contributed by atoms with Crippen molar-refractivity contribution in [2.24, 2.45) is 0 Å². The highest BCUT2D eigenvalue weighted by Gasteiger charge is 2.33. The van der Waals surface area contributed by atoms with Crippen LogP contribution in [0, 0.1) is 5.82 Å². The molecule has 1 saturated carbocycles. The van der Waals surface area contributed by atoms with Crippen LogP contribution in [0.2, 0.25) is 0 Å². The third kappa shape index (κ3) is 4.36. The lowest BCUT2D eigenvalue weighted by atomic mass is 9.84. The molecule has 0 radical (unpaired) electrons. The van der Waals surface area contributed by atoms with Crippen molar-refractivity contribution in [2.75, 3.05) is 31.2 Å². The van der Waals surface area contributed by atoms with Crippen molar-refractivity contribution in [3.63, 3.8) is 0 Å². The van der Waals surface area contributed by atoms with Gasteiger partial charge in [0.1, 0.15) is 5.82 Å². The minimum atomic E-state index is -3.34. The number of anilines is 1. The maximum Gasteiger partial charge on any atom is 0.216 e. The van der Waals surface area contributed by atoms with Gasteiger partial charge in [0.15, 0.2) is 0 Å². The molecule has 2 heterocycles. The summed E-state index contributed by atoms with van der Waals surface area (Å²) < 4.78 is 47.1. The number of ether oxygens (including phenoxy) is 1. The van der Waals surface area contributed by atoms with Gasteiger partial charge in [0.25, 0.3) is 0 Å². The zero-order valence-corrected chi connectivity index (χ0v) is 18.8. The topological polar surface area (TPSA) is 74.4 Å². The Bertz CT molecular complexity index is 999. The van der Waals surface area contributed by atoms with Crippen LogP contribution >= 0.6 is 0 Å². The van der Waals surface area contributed by atoms with E-state index in [1.807, 2.05) is 12.1 Å². The predicted molar refractivity (Wildman–Crippen MR) is 118 cm³/mol. The summed E-state index contributed by atoms with van der Waals surface area (Å²) in [6.07, 6.45) is 3.33.